The number of allylic oxidation sites excluding steroid dienone is 2. The van der Waals surface area contributed by atoms with Gasteiger partial charge in [0, 0.05) is 14.1 Å². The summed E-state index contributed by atoms with van der Waals surface area (Å²) in [5, 5.41) is 1.67. The lowest BCUT2D eigenvalue weighted by Crippen LogP contribution is -2.29. The van der Waals surface area contributed by atoms with Gasteiger partial charge >= 0.3 is 0 Å². The van der Waals surface area contributed by atoms with Gasteiger partial charge in [0.2, 0.25) is 5.91 Å². The van der Waals surface area contributed by atoms with E-state index in [4.69, 9.17) is 4.74 Å². The fraction of sp³-hybridized carbons (Fsp3) is 0.316. The molecule has 1 heterocycles. The third-order valence-electron chi connectivity index (χ3n) is 3.81. The molecule has 1 aromatic rings. The number of amidine groups is 1. The molecule has 0 bridgehead atoms. The predicted octanol–water partition coefficient (Wildman–Crippen LogP) is 2.66. The molecule has 0 radical (unpaired) electrons. The molecular weight excluding hydrogens is 350 g/mol. The maximum Gasteiger partial charge on any atom is 0.286 e. The van der Waals surface area contributed by atoms with E-state index in [-0.39, 0.29) is 16.4 Å². The van der Waals surface area contributed by atoms with E-state index in [2.05, 4.69) is 16.9 Å². The zero-order chi connectivity index (χ0) is 18.9. The van der Waals surface area contributed by atoms with Crippen LogP contribution in [0.1, 0.15) is 5.56 Å². The van der Waals surface area contributed by atoms with Gasteiger partial charge in [-0.3, -0.25) is 19.9 Å². The Labute approximate surface area is 158 Å². The molecule has 138 valence electrons. The maximum atomic E-state index is 11.6. The minimum absolute atomic E-state index is 0.220. The first-order chi connectivity index (χ1) is 12.5. The Hall–Kier alpha value is -2.54. The van der Waals surface area contributed by atoms with Crippen LogP contribution in [0.5, 0.6) is 5.75 Å². The number of hydrogen-bond donors (Lipinski definition) is 1. The van der Waals surface area contributed by atoms with E-state index in [1.54, 1.807) is 13.1 Å². The molecular formula is C19H23N3O3S. The lowest BCUT2D eigenvalue weighted by Gasteiger charge is -2.19. The van der Waals surface area contributed by atoms with Crippen LogP contribution in [0.4, 0.5) is 4.79 Å². The molecule has 2 rings (SSSR count). The van der Waals surface area contributed by atoms with E-state index in [1.165, 1.54) is 0 Å². The van der Waals surface area contributed by atoms with E-state index in [9.17, 15) is 9.59 Å². The van der Waals surface area contributed by atoms with Crippen LogP contribution in [0.25, 0.3) is 0 Å². The molecule has 7 heteroatoms. The van der Waals surface area contributed by atoms with Gasteiger partial charge in [-0.25, -0.2) is 0 Å². The first-order valence-electron chi connectivity index (χ1n) is 8.23. The van der Waals surface area contributed by atoms with Crippen LogP contribution in [0.15, 0.2) is 54.1 Å². The van der Waals surface area contributed by atoms with E-state index in [1.807, 2.05) is 48.4 Å². The van der Waals surface area contributed by atoms with Crippen molar-refractivity contribution in [1.29, 1.82) is 0 Å². The summed E-state index contributed by atoms with van der Waals surface area (Å²) in [7, 11) is 3.70. The number of nitrogens with one attached hydrogen (secondary N) is 1. The number of ether oxygens (including phenoxy) is 1. The van der Waals surface area contributed by atoms with E-state index < -0.39 is 0 Å². The molecule has 1 saturated heterocycles. The fourth-order valence-electron chi connectivity index (χ4n) is 2.41. The van der Waals surface area contributed by atoms with Crippen LogP contribution in [0, 0.1) is 0 Å². The molecule has 6 nitrogen and oxygen atoms in total. The van der Waals surface area contributed by atoms with Gasteiger partial charge in [0.1, 0.15) is 18.2 Å². The fourth-order valence-corrected chi connectivity index (χ4v) is 3.26. The number of benzene rings is 1. The molecule has 0 saturated carbocycles. The molecule has 1 aliphatic heterocycles. The SMILES string of the molecule is C=C/C=C\C(=NC)N(C)CCOc1ccc(CC2SC(=O)NC2=O)cc1. The summed E-state index contributed by atoms with van der Waals surface area (Å²) in [6.45, 7) is 4.86. The standard InChI is InChI=1S/C19H23N3O3S/c1-4-5-6-17(20-2)22(3)11-12-25-15-9-7-14(8-10-15)13-16-18(23)21-19(24)26-16/h4-10,16H,1,11-13H2,2-3H3,(H,21,23,24)/b6-5-,20-17?. The van der Waals surface area contributed by atoms with E-state index in [0.717, 1.165) is 28.9 Å². The number of nitrogens with zero attached hydrogens (tertiary/aromatic N) is 2. The number of likely N-dealkylation sites (N-methyl/N-ethyl adjacent to an activating group) is 1. The Morgan fingerprint density at radius 1 is 1.38 bits per heavy atom. The topological polar surface area (TPSA) is 71.0 Å². The van der Waals surface area contributed by atoms with Crippen molar-refractivity contribution in [2.45, 2.75) is 11.7 Å². The first-order valence-corrected chi connectivity index (χ1v) is 9.11. The Morgan fingerprint density at radius 2 is 2.12 bits per heavy atom. The molecule has 1 atom stereocenters. The summed E-state index contributed by atoms with van der Waals surface area (Å²) in [5.74, 6) is 1.39. The molecule has 2 amide bonds. The van der Waals surface area contributed by atoms with Gasteiger partial charge < -0.3 is 9.64 Å². The zero-order valence-electron chi connectivity index (χ0n) is 15.0. The highest BCUT2D eigenvalue weighted by Crippen LogP contribution is 2.23. The van der Waals surface area contributed by atoms with Crippen LogP contribution in [-0.2, 0) is 11.2 Å². The van der Waals surface area contributed by atoms with Crippen molar-refractivity contribution in [3.8, 4) is 5.75 Å². The van der Waals surface area contributed by atoms with Crippen LogP contribution in [-0.4, -0.2) is 54.4 Å². The molecule has 0 aliphatic carbocycles. The molecule has 1 N–H and O–H groups in total. The van der Waals surface area contributed by atoms with Crippen molar-refractivity contribution in [3.63, 3.8) is 0 Å². The highest BCUT2D eigenvalue weighted by molar-refractivity contribution is 8.15. The van der Waals surface area contributed by atoms with Gasteiger partial charge in [-0.1, -0.05) is 42.6 Å². The number of carbonyl (C=O) groups is 2. The average Bonchev–Trinajstić information content (AvgIpc) is 2.94. The van der Waals surface area contributed by atoms with Crippen molar-refractivity contribution in [2.75, 3.05) is 27.2 Å². The van der Waals surface area contributed by atoms with Gasteiger partial charge in [-0.15, -0.1) is 0 Å². The minimum Gasteiger partial charge on any atom is -0.492 e. The molecule has 0 aromatic heterocycles. The second-order valence-corrected chi connectivity index (χ2v) is 6.85. The first kappa shape index (κ1) is 19.8. The maximum absolute atomic E-state index is 11.6. The molecule has 26 heavy (non-hydrogen) atoms. The lowest BCUT2D eigenvalue weighted by molar-refractivity contribution is -0.118. The van der Waals surface area contributed by atoms with Crippen LogP contribution < -0.4 is 10.1 Å². The summed E-state index contributed by atoms with van der Waals surface area (Å²) < 4.78 is 5.76. The number of carbonyl (C=O) groups excluding carboxylic acids is 2. The molecule has 1 fully saturated rings. The Morgan fingerprint density at radius 3 is 2.69 bits per heavy atom. The zero-order valence-corrected chi connectivity index (χ0v) is 15.8. The highest BCUT2D eigenvalue weighted by atomic mass is 32.2. The average molecular weight is 373 g/mol. The van der Waals surface area contributed by atoms with E-state index in [0.29, 0.717) is 19.6 Å². The van der Waals surface area contributed by atoms with Crippen molar-refractivity contribution in [3.05, 3.63) is 54.6 Å². The van der Waals surface area contributed by atoms with Crippen molar-refractivity contribution in [1.82, 2.24) is 10.2 Å². The van der Waals surface area contributed by atoms with Gasteiger partial charge in [0.15, 0.2) is 0 Å². The summed E-state index contributed by atoms with van der Waals surface area (Å²) in [6, 6.07) is 7.59. The quantitative estimate of drug-likeness (QED) is 0.431. The summed E-state index contributed by atoms with van der Waals surface area (Å²) in [6.07, 6.45) is 5.97. The number of imide groups is 1. The van der Waals surface area contributed by atoms with Crippen LogP contribution in [0.2, 0.25) is 0 Å². The van der Waals surface area contributed by atoms with E-state index >= 15 is 0 Å². The summed E-state index contributed by atoms with van der Waals surface area (Å²) in [5.41, 5.74) is 0.992. The number of rotatable bonds is 8. The second-order valence-electron chi connectivity index (χ2n) is 5.68. The monoisotopic (exact) mass is 373 g/mol. The number of hydrogen-bond acceptors (Lipinski definition) is 5. The Kier molecular flexibility index (Phi) is 7.47. The largest absolute Gasteiger partial charge is 0.492 e. The molecule has 1 aromatic carbocycles. The van der Waals surface area contributed by atoms with Crippen molar-refractivity contribution >= 4 is 28.7 Å². The smallest absolute Gasteiger partial charge is 0.286 e. The normalized spacial score (nSPS) is 17.5. The summed E-state index contributed by atoms with van der Waals surface area (Å²) >= 11 is 1.04. The van der Waals surface area contributed by atoms with Crippen LogP contribution >= 0.6 is 11.8 Å². The van der Waals surface area contributed by atoms with Gasteiger partial charge in [-0.2, -0.15) is 0 Å². The highest BCUT2D eigenvalue weighted by Gasteiger charge is 2.31. The van der Waals surface area contributed by atoms with Crippen molar-refractivity contribution in [2.24, 2.45) is 4.99 Å². The third-order valence-corrected chi connectivity index (χ3v) is 4.79. The number of aliphatic imine (C=N–C) groups is 1. The minimum atomic E-state index is -0.349. The Bertz CT molecular complexity index is 713. The van der Waals surface area contributed by atoms with Crippen molar-refractivity contribution < 1.29 is 14.3 Å². The van der Waals surface area contributed by atoms with Gasteiger partial charge in [0.25, 0.3) is 5.24 Å². The van der Waals surface area contributed by atoms with Gasteiger partial charge in [0.05, 0.1) is 11.8 Å². The number of thioether (sulfide) groups is 1. The summed E-state index contributed by atoms with van der Waals surface area (Å²) in [4.78, 5) is 29.0. The number of amides is 2. The Balaban J connectivity index is 1.80. The molecule has 0 spiro atoms. The lowest BCUT2D eigenvalue weighted by atomic mass is 10.1. The second kappa shape index (κ2) is 9.82. The van der Waals surface area contributed by atoms with Gasteiger partial charge in [-0.05, 0) is 30.2 Å². The third kappa shape index (κ3) is 5.77. The molecule has 1 unspecified atom stereocenters. The predicted molar refractivity (Wildman–Crippen MR) is 106 cm³/mol. The van der Waals surface area contributed by atoms with Crippen LogP contribution in [0.3, 0.4) is 0 Å². The molecule has 1 aliphatic rings.